The van der Waals surface area contributed by atoms with Crippen LogP contribution in [0.2, 0.25) is 0 Å². The van der Waals surface area contributed by atoms with Crippen molar-refractivity contribution in [3.05, 3.63) is 63.6 Å². The fraction of sp³-hybridized carbons (Fsp3) is 0.222. The smallest absolute Gasteiger partial charge is 0.265 e. The van der Waals surface area contributed by atoms with Crippen molar-refractivity contribution in [3.63, 3.8) is 0 Å². The number of nitrogens with one attached hydrogen (secondary N) is 1. The topological polar surface area (TPSA) is 49.4 Å². The zero-order valence-electron chi connectivity index (χ0n) is 13.3. The van der Waals surface area contributed by atoms with Gasteiger partial charge in [0.15, 0.2) is 0 Å². The van der Waals surface area contributed by atoms with Gasteiger partial charge in [-0.1, -0.05) is 6.58 Å². The summed E-state index contributed by atoms with van der Waals surface area (Å²) in [6.45, 7) is 6.29. The van der Waals surface area contributed by atoms with Crippen LogP contribution in [0.5, 0.6) is 0 Å². The fourth-order valence-electron chi connectivity index (χ4n) is 2.68. The number of anilines is 1. The number of amides is 2. The molecule has 1 aliphatic heterocycles. The number of aryl methyl sites for hydroxylation is 1. The van der Waals surface area contributed by atoms with Gasteiger partial charge in [-0.3, -0.25) is 9.59 Å². The maximum Gasteiger partial charge on any atom is 0.265 e. The summed E-state index contributed by atoms with van der Waals surface area (Å²) in [5.41, 5.74) is 2.05. The fourth-order valence-corrected chi connectivity index (χ4v) is 3.74. The van der Waals surface area contributed by atoms with Crippen molar-refractivity contribution in [2.45, 2.75) is 19.9 Å². The van der Waals surface area contributed by atoms with Gasteiger partial charge in [0.1, 0.15) is 5.82 Å². The highest BCUT2D eigenvalue weighted by molar-refractivity contribution is 7.14. The number of carbonyl (C=O) groups is 2. The van der Waals surface area contributed by atoms with Crippen LogP contribution in [0, 0.1) is 12.7 Å². The lowest BCUT2D eigenvalue weighted by atomic mass is 10.1. The second kappa shape index (κ2) is 6.57. The summed E-state index contributed by atoms with van der Waals surface area (Å²) in [7, 11) is 0. The molecule has 24 heavy (non-hydrogen) atoms. The summed E-state index contributed by atoms with van der Waals surface area (Å²) < 4.78 is 13.3. The molecule has 124 valence electrons. The minimum Gasteiger partial charge on any atom is -0.334 e. The van der Waals surface area contributed by atoms with Crippen LogP contribution in [0.3, 0.4) is 0 Å². The quantitative estimate of drug-likeness (QED) is 0.866. The van der Waals surface area contributed by atoms with E-state index in [1.165, 1.54) is 29.5 Å². The molecule has 1 aromatic carbocycles. The Labute approximate surface area is 143 Å². The Morgan fingerprint density at radius 3 is 2.88 bits per heavy atom. The molecule has 6 heteroatoms. The van der Waals surface area contributed by atoms with Gasteiger partial charge in [-0.15, -0.1) is 11.3 Å². The van der Waals surface area contributed by atoms with Gasteiger partial charge >= 0.3 is 0 Å². The number of halogens is 1. The van der Waals surface area contributed by atoms with Gasteiger partial charge in [0.25, 0.3) is 5.91 Å². The third kappa shape index (κ3) is 3.23. The molecule has 3 rings (SSSR count). The van der Waals surface area contributed by atoms with Crippen LogP contribution < -0.4 is 5.32 Å². The largest absolute Gasteiger partial charge is 0.334 e. The van der Waals surface area contributed by atoms with Crippen LogP contribution >= 0.6 is 11.3 Å². The monoisotopic (exact) mass is 344 g/mol. The summed E-state index contributed by atoms with van der Waals surface area (Å²) in [6, 6.07) is 6.31. The van der Waals surface area contributed by atoms with Crippen LogP contribution in [0.1, 0.15) is 25.7 Å². The Balaban J connectivity index is 1.75. The lowest BCUT2D eigenvalue weighted by molar-refractivity contribution is -0.126. The summed E-state index contributed by atoms with van der Waals surface area (Å²) in [6.07, 6.45) is 2.05. The molecule has 0 bridgehead atoms. The first-order valence-corrected chi connectivity index (χ1v) is 8.40. The molecule has 2 heterocycles. The molecule has 2 aromatic rings. The van der Waals surface area contributed by atoms with Gasteiger partial charge in [0.2, 0.25) is 5.91 Å². The lowest BCUT2D eigenvalue weighted by Gasteiger charge is -2.25. The molecule has 0 saturated heterocycles. The first-order chi connectivity index (χ1) is 11.5. The van der Waals surface area contributed by atoms with Gasteiger partial charge in [0, 0.05) is 23.7 Å². The molecule has 0 spiro atoms. The Kier molecular flexibility index (Phi) is 4.49. The first-order valence-electron chi connectivity index (χ1n) is 7.58. The number of hydrogen-bond acceptors (Lipinski definition) is 3. The average Bonchev–Trinajstić information content (AvgIpc) is 3.00. The van der Waals surface area contributed by atoms with E-state index in [9.17, 15) is 14.0 Å². The summed E-state index contributed by atoms with van der Waals surface area (Å²) in [4.78, 5) is 27.6. The lowest BCUT2D eigenvalue weighted by Crippen LogP contribution is -2.33. The minimum atomic E-state index is -0.299. The molecule has 0 saturated carbocycles. The van der Waals surface area contributed by atoms with Crippen molar-refractivity contribution in [2.24, 2.45) is 0 Å². The summed E-state index contributed by atoms with van der Waals surface area (Å²) in [5, 5.41) is 2.79. The molecule has 0 aliphatic carbocycles. The van der Waals surface area contributed by atoms with E-state index < -0.39 is 0 Å². The maximum atomic E-state index is 13.3. The van der Waals surface area contributed by atoms with E-state index in [4.69, 9.17) is 0 Å². The van der Waals surface area contributed by atoms with E-state index in [2.05, 4.69) is 11.9 Å². The molecular weight excluding hydrogens is 327 g/mol. The average molecular weight is 344 g/mol. The van der Waals surface area contributed by atoms with Crippen molar-refractivity contribution in [1.82, 2.24) is 4.90 Å². The van der Waals surface area contributed by atoms with Gasteiger partial charge in [-0.2, -0.15) is 0 Å². The maximum absolute atomic E-state index is 13.3. The highest BCUT2D eigenvalue weighted by Crippen LogP contribution is 2.29. The van der Waals surface area contributed by atoms with E-state index in [1.54, 1.807) is 17.9 Å². The van der Waals surface area contributed by atoms with Crippen molar-refractivity contribution >= 4 is 28.8 Å². The van der Waals surface area contributed by atoms with Crippen LogP contribution in [0.4, 0.5) is 10.1 Å². The van der Waals surface area contributed by atoms with Crippen LogP contribution in [0.15, 0.2) is 36.9 Å². The number of benzene rings is 1. The normalized spacial score (nSPS) is 13.3. The molecule has 0 radical (unpaired) electrons. The number of hydrogen-bond donors (Lipinski definition) is 1. The van der Waals surface area contributed by atoms with E-state index >= 15 is 0 Å². The van der Waals surface area contributed by atoms with Crippen molar-refractivity contribution in [1.29, 1.82) is 0 Å². The van der Waals surface area contributed by atoms with Crippen molar-refractivity contribution < 1.29 is 14.0 Å². The summed E-state index contributed by atoms with van der Waals surface area (Å²) >= 11 is 1.44. The number of fused-ring (bicyclic) bond motifs is 1. The Bertz CT molecular complexity index is 828. The SMILES string of the molecule is C=CC(=O)N1CCc2sc(C(=O)Nc3ccc(F)c(C)c3)cc2C1. The summed E-state index contributed by atoms with van der Waals surface area (Å²) in [5.74, 6) is -0.617. The van der Waals surface area contributed by atoms with Gasteiger partial charge in [-0.05, 0) is 54.8 Å². The molecular formula is C18H17FN2O2S. The van der Waals surface area contributed by atoms with Crippen LogP contribution in [0.25, 0.3) is 0 Å². The molecule has 1 aliphatic rings. The second-order valence-electron chi connectivity index (χ2n) is 5.69. The molecule has 0 atom stereocenters. The van der Waals surface area contributed by atoms with Gasteiger partial charge in [-0.25, -0.2) is 4.39 Å². The third-order valence-corrected chi connectivity index (χ3v) is 5.23. The van der Waals surface area contributed by atoms with Gasteiger partial charge < -0.3 is 10.2 Å². The zero-order valence-corrected chi connectivity index (χ0v) is 14.1. The number of nitrogens with zero attached hydrogens (tertiary/aromatic N) is 1. The molecule has 4 nitrogen and oxygen atoms in total. The highest BCUT2D eigenvalue weighted by Gasteiger charge is 2.23. The van der Waals surface area contributed by atoms with Crippen LogP contribution in [-0.4, -0.2) is 23.3 Å². The van der Waals surface area contributed by atoms with E-state index in [0.29, 0.717) is 29.2 Å². The van der Waals surface area contributed by atoms with E-state index in [-0.39, 0.29) is 17.6 Å². The molecule has 0 unspecified atom stereocenters. The number of rotatable bonds is 3. The predicted octanol–water partition coefficient (Wildman–Crippen LogP) is 3.52. The number of carbonyl (C=O) groups excluding carboxylic acids is 2. The standard InChI is InChI=1S/C18H17FN2O2S/c1-3-17(22)21-7-6-15-12(10-21)9-16(24-15)18(23)20-13-4-5-14(19)11(2)8-13/h3-5,8-9H,1,6-7,10H2,2H3,(H,20,23). The molecule has 1 aromatic heterocycles. The Hall–Kier alpha value is -2.47. The third-order valence-electron chi connectivity index (χ3n) is 3.99. The molecule has 2 amide bonds. The van der Waals surface area contributed by atoms with Gasteiger partial charge in [0.05, 0.1) is 4.88 Å². The van der Waals surface area contributed by atoms with Crippen molar-refractivity contribution in [3.8, 4) is 0 Å². The molecule has 1 N–H and O–H groups in total. The Morgan fingerprint density at radius 2 is 2.17 bits per heavy atom. The zero-order chi connectivity index (χ0) is 17.3. The van der Waals surface area contributed by atoms with Crippen LogP contribution in [-0.2, 0) is 17.8 Å². The Morgan fingerprint density at radius 1 is 1.38 bits per heavy atom. The molecule has 0 fully saturated rings. The number of thiophene rings is 1. The predicted molar refractivity (Wildman–Crippen MR) is 92.7 cm³/mol. The first kappa shape index (κ1) is 16.4. The van der Waals surface area contributed by atoms with E-state index in [0.717, 1.165) is 16.9 Å². The van der Waals surface area contributed by atoms with Crippen molar-refractivity contribution in [2.75, 3.05) is 11.9 Å². The minimum absolute atomic E-state index is 0.0976. The highest BCUT2D eigenvalue weighted by atomic mass is 32.1. The van der Waals surface area contributed by atoms with E-state index in [1.807, 2.05) is 6.07 Å². The second-order valence-corrected chi connectivity index (χ2v) is 6.83.